The van der Waals surface area contributed by atoms with Crippen molar-refractivity contribution in [2.75, 3.05) is 13.2 Å². The number of ether oxygens (including phenoxy) is 1. The summed E-state index contributed by atoms with van der Waals surface area (Å²) in [5.74, 6) is -0.903. The predicted octanol–water partition coefficient (Wildman–Crippen LogP) is 5.53. The first kappa shape index (κ1) is 18.9. The van der Waals surface area contributed by atoms with Crippen molar-refractivity contribution in [2.45, 2.75) is 24.8 Å². The Bertz CT molecular complexity index is 1080. The van der Waals surface area contributed by atoms with E-state index in [1.807, 2.05) is 30.3 Å². The lowest BCUT2D eigenvalue weighted by Crippen LogP contribution is -2.31. The van der Waals surface area contributed by atoms with Crippen LogP contribution in [0.5, 0.6) is 0 Å². The van der Waals surface area contributed by atoms with Crippen LogP contribution in [0.1, 0.15) is 50.5 Å². The number of aromatic carboxylic acids is 1. The van der Waals surface area contributed by atoms with E-state index in [1.165, 1.54) is 33.6 Å². The summed E-state index contributed by atoms with van der Waals surface area (Å²) < 4.78 is 5.80. The van der Waals surface area contributed by atoms with Crippen molar-refractivity contribution in [3.8, 4) is 11.1 Å². The highest BCUT2D eigenvalue weighted by Gasteiger charge is 2.34. The molecule has 3 aromatic rings. The fourth-order valence-corrected chi connectivity index (χ4v) is 5.60. The van der Waals surface area contributed by atoms with E-state index in [0.29, 0.717) is 18.0 Å². The molecule has 1 N–H and O–H groups in total. The lowest BCUT2D eigenvalue weighted by atomic mass is 9.98. The smallest absolute Gasteiger partial charge is 0.410 e. The lowest BCUT2D eigenvalue weighted by molar-refractivity contribution is 0.0702. The molecule has 1 amide bonds. The van der Waals surface area contributed by atoms with Crippen LogP contribution in [0.15, 0.2) is 60.7 Å². The number of benzene rings is 2. The molecule has 0 radical (unpaired) electrons. The quantitative estimate of drug-likeness (QED) is 0.604. The summed E-state index contributed by atoms with van der Waals surface area (Å²) in [7, 11) is 0. The van der Waals surface area contributed by atoms with Crippen LogP contribution < -0.4 is 0 Å². The van der Waals surface area contributed by atoms with Gasteiger partial charge in [-0.2, -0.15) is 0 Å². The van der Waals surface area contributed by atoms with Gasteiger partial charge in [-0.1, -0.05) is 48.5 Å². The molecular weight excluding hydrogens is 398 g/mol. The predicted molar refractivity (Wildman–Crippen MR) is 115 cm³/mol. The topological polar surface area (TPSA) is 66.8 Å². The van der Waals surface area contributed by atoms with Gasteiger partial charge in [0, 0.05) is 17.3 Å². The summed E-state index contributed by atoms with van der Waals surface area (Å²) in [5.41, 5.74) is 4.78. The van der Waals surface area contributed by atoms with E-state index in [1.54, 1.807) is 11.0 Å². The third kappa shape index (κ3) is 3.17. The van der Waals surface area contributed by atoms with Gasteiger partial charge in [-0.15, -0.1) is 11.3 Å². The van der Waals surface area contributed by atoms with Crippen molar-refractivity contribution in [3.63, 3.8) is 0 Å². The van der Waals surface area contributed by atoms with E-state index in [2.05, 4.69) is 24.3 Å². The second-order valence-corrected chi connectivity index (χ2v) is 8.78. The van der Waals surface area contributed by atoms with E-state index in [-0.39, 0.29) is 18.1 Å². The van der Waals surface area contributed by atoms with Crippen LogP contribution in [0.4, 0.5) is 4.79 Å². The zero-order chi connectivity index (χ0) is 20.7. The van der Waals surface area contributed by atoms with E-state index in [0.717, 1.165) is 17.7 Å². The second-order valence-electron chi connectivity index (χ2n) is 7.66. The van der Waals surface area contributed by atoms with Gasteiger partial charge in [-0.3, -0.25) is 0 Å². The lowest BCUT2D eigenvalue weighted by Gasteiger charge is -2.24. The molecule has 0 saturated carbocycles. The van der Waals surface area contributed by atoms with E-state index in [4.69, 9.17) is 4.74 Å². The summed E-state index contributed by atoms with van der Waals surface area (Å²) in [4.78, 5) is 27.1. The molecule has 0 spiro atoms. The zero-order valence-electron chi connectivity index (χ0n) is 16.3. The second kappa shape index (κ2) is 7.61. The minimum Gasteiger partial charge on any atom is -0.477 e. The normalized spacial score (nSPS) is 17.6. The Morgan fingerprint density at radius 1 is 1.00 bits per heavy atom. The molecule has 5 rings (SSSR count). The zero-order valence-corrected chi connectivity index (χ0v) is 17.1. The van der Waals surface area contributed by atoms with Gasteiger partial charge in [0.25, 0.3) is 0 Å². The SMILES string of the molecule is O=C(O)c1ccc([C@H]2CCCN2C(=O)OCC2c3ccccc3-c3ccccc32)s1. The molecule has 0 bridgehead atoms. The fraction of sp³-hybridized carbons (Fsp3) is 0.250. The van der Waals surface area contributed by atoms with Gasteiger partial charge in [0.2, 0.25) is 0 Å². The van der Waals surface area contributed by atoms with E-state index >= 15 is 0 Å². The van der Waals surface area contributed by atoms with Gasteiger partial charge >= 0.3 is 12.1 Å². The van der Waals surface area contributed by atoms with Crippen LogP contribution in [-0.2, 0) is 4.74 Å². The summed E-state index contributed by atoms with van der Waals surface area (Å²) in [6.07, 6.45) is 1.38. The molecule has 2 aromatic carbocycles. The van der Waals surface area contributed by atoms with Crippen LogP contribution in [0.3, 0.4) is 0 Å². The average Bonchev–Trinajstić information content (AvgIpc) is 3.49. The molecule has 1 atom stereocenters. The third-order valence-corrected chi connectivity index (χ3v) is 7.16. The number of carboxylic acids is 1. The Labute approximate surface area is 178 Å². The van der Waals surface area contributed by atoms with Crippen LogP contribution >= 0.6 is 11.3 Å². The van der Waals surface area contributed by atoms with Gasteiger partial charge in [-0.05, 0) is 47.2 Å². The maximum Gasteiger partial charge on any atom is 0.410 e. The van der Waals surface area contributed by atoms with Crippen molar-refractivity contribution in [1.29, 1.82) is 0 Å². The molecule has 1 saturated heterocycles. The fourth-order valence-electron chi connectivity index (χ4n) is 4.60. The number of likely N-dealkylation sites (tertiary alicyclic amines) is 1. The Morgan fingerprint density at radius 3 is 2.30 bits per heavy atom. The molecular formula is C24H21NO4S. The number of thiophene rings is 1. The van der Waals surface area contributed by atoms with Crippen molar-refractivity contribution >= 4 is 23.4 Å². The number of rotatable bonds is 4. The maximum absolute atomic E-state index is 12.9. The standard InChI is InChI=1S/C24H21NO4S/c26-23(27)22-12-11-21(30-22)20-10-5-13-25(20)24(28)29-14-19-17-8-3-1-6-15(17)16-7-2-4-9-18(16)19/h1-4,6-9,11-12,19-20H,5,10,13-14H2,(H,26,27)/t20-/m1/s1. The monoisotopic (exact) mass is 419 g/mol. The highest BCUT2D eigenvalue weighted by molar-refractivity contribution is 7.14. The van der Waals surface area contributed by atoms with Crippen LogP contribution in [0, 0.1) is 0 Å². The first-order valence-electron chi connectivity index (χ1n) is 10.1. The summed E-state index contributed by atoms with van der Waals surface area (Å²) in [6, 6.07) is 19.9. The number of carbonyl (C=O) groups is 2. The third-order valence-electron chi connectivity index (χ3n) is 5.99. The highest BCUT2D eigenvalue weighted by atomic mass is 32.1. The summed E-state index contributed by atoms with van der Waals surface area (Å²) in [6.45, 7) is 0.919. The number of fused-ring (bicyclic) bond motifs is 3. The number of nitrogens with zero attached hydrogens (tertiary/aromatic N) is 1. The number of hydrogen-bond donors (Lipinski definition) is 1. The van der Waals surface area contributed by atoms with Gasteiger partial charge in [0.1, 0.15) is 11.5 Å². The molecule has 0 unspecified atom stereocenters. The molecule has 30 heavy (non-hydrogen) atoms. The van der Waals surface area contributed by atoms with E-state index in [9.17, 15) is 14.7 Å². The van der Waals surface area contributed by atoms with Crippen LogP contribution in [0.2, 0.25) is 0 Å². The van der Waals surface area contributed by atoms with Crippen LogP contribution in [-0.4, -0.2) is 35.2 Å². The number of carboxylic acid groups (broad SMARTS) is 1. The maximum atomic E-state index is 12.9. The summed E-state index contributed by atoms with van der Waals surface area (Å²) >= 11 is 1.24. The van der Waals surface area contributed by atoms with Crippen molar-refractivity contribution < 1.29 is 19.4 Å². The number of amides is 1. The minimum absolute atomic E-state index is 0.0303. The minimum atomic E-state index is -0.933. The van der Waals surface area contributed by atoms with Crippen molar-refractivity contribution in [3.05, 3.63) is 81.5 Å². The average molecular weight is 420 g/mol. The molecule has 2 aliphatic rings. The Morgan fingerprint density at radius 2 is 1.67 bits per heavy atom. The first-order valence-corrected chi connectivity index (χ1v) is 10.9. The molecule has 152 valence electrons. The first-order chi connectivity index (χ1) is 14.6. The van der Waals surface area contributed by atoms with Gasteiger partial charge in [0.15, 0.2) is 0 Å². The number of hydrogen-bond acceptors (Lipinski definition) is 4. The van der Waals surface area contributed by atoms with Crippen LogP contribution in [0.25, 0.3) is 11.1 Å². The molecule has 5 nitrogen and oxygen atoms in total. The molecule has 6 heteroatoms. The van der Waals surface area contributed by atoms with Crippen molar-refractivity contribution in [2.24, 2.45) is 0 Å². The number of carbonyl (C=O) groups excluding carboxylic acids is 1. The van der Waals surface area contributed by atoms with Gasteiger partial charge in [-0.25, -0.2) is 9.59 Å². The molecule has 2 heterocycles. The Hall–Kier alpha value is -3.12. The van der Waals surface area contributed by atoms with E-state index < -0.39 is 5.97 Å². The molecule has 1 fully saturated rings. The largest absolute Gasteiger partial charge is 0.477 e. The molecule has 1 aromatic heterocycles. The van der Waals surface area contributed by atoms with Gasteiger partial charge in [0.05, 0.1) is 6.04 Å². The summed E-state index contributed by atoms with van der Waals surface area (Å²) in [5, 5.41) is 9.19. The van der Waals surface area contributed by atoms with Gasteiger partial charge < -0.3 is 14.7 Å². The molecule has 1 aliphatic carbocycles. The van der Waals surface area contributed by atoms with Crippen molar-refractivity contribution in [1.82, 2.24) is 4.90 Å². The molecule has 1 aliphatic heterocycles. The highest BCUT2D eigenvalue weighted by Crippen LogP contribution is 2.45. The Balaban J connectivity index is 1.33. The Kier molecular flexibility index (Phi) is 4.79.